The largest absolute Gasteiger partial charge is 0.466 e. The Morgan fingerprint density at radius 2 is 2.04 bits per heavy atom. The third-order valence-electron chi connectivity index (χ3n) is 4.40. The summed E-state index contributed by atoms with van der Waals surface area (Å²) >= 11 is 1.31. The second kappa shape index (κ2) is 6.95. The Balaban J connectivity index is 1.96. The lowest BCUT2D eigenvalue weighted by Crippen LogP contribution is -2.33. The summed E-state index contributed by atoms with van der Waals surface area (Å²) in [6, 6.07) is 1.66. The van der Waals surface area contributed by atoms with Crippen LogP contribution in [0.2, 0.25) is 0 Å². The van der Waals surface area contributed by atoms with E-state index < -0.39 is 5.97 Å². The van der Waals surface area contributed by atoms with Crippen molar-refractivity contribution in [2.75, 3.05) is 19.0 Å². The van der Waals surface area contributed by atoms with Crippen molar-refractivity contribution in [1.29, 1.82) is 0 Å². The van der Waals surface area contributed by atoms with Gasteiger partial charge in [-0.25, -0.2) is 4.79 Å². The van der Waals surface area contributed by atoms with Crippen LogP contribution in [0.4, 0.5) is 5.00 Å². The summed E-state index contributed by atoms with van der Waals surface area (Å²) in [6.07, 6.45) is 0.551. The molecule has 7 nitrogen and oxygen atoms in total. The average molecular weight is 376 g/mol. The molecular formula is C18H20N2O5S. The number of carbonyl (C=O) groups is 3. The zero-order valence-electron chi connectivity index (χ0n) is 15.1. The van der Waals surface area contributed by atoms with Gasteiger partial charge in [0.05, 0.1) is 24.8 Å². The van der Waals surface area contributed by atoms with E-state index in [9.17, 15) is 14.4 Å². The number of furan rings is 1. The van der Waals surface area contributed by atoms with E-state index in [1.807, 2.05) is 0 Å². The SMILES string of the molecule is COC(=O)c1c(NC(=O)c2cc(C)oc2C)sc2c1CCN(C(C)=O)C2. The van der Waals surface area contributed by atoms with E-state index in [1.165, 1.54) is 25.4 Å². The van der Waals surface area contributed by atoms with Crippen LogP contribution in [-0.4, -0.2) is 36.3 Å². The van der Waals surface area contributed by atoms with Gasteiger partial charge < -0.3 is 19.4 Å². The van der Waals surface area contributed by atoms with Gasteiger partial charge in [0.25, 0.3) is 5.91 Å². The summed E-state index contributed by atoms with van der Waals surface area (Å²) in [7, 11) is 1.31. The molecular weight excluding hydrogens is 356 g/mol. The summed E-state index contributed by atoms with van der Waals surface area (Å²) in [5.41, 5.74) is 1.65. The molecule has 2 amide bonds. The van der Waals surface area contributed by atoms with Crippen LogP contribution in [0.1, 0.15) is 49.6 Å². The molecule has 1 aliphatic heterocycles. The molecule has 138 valence electrons. The molecule has 0 aromatic carbocycles. The molecule has 0 atom stereocenters. The first-order valence-corrected chi connectivity index (χ1v) is 9.00. The smallest absolute Gasteiger partial charge is 0.341 e. The van der Waals surface area contributed by atoms with E-state index in [4.69, 9.17) is 9.15 Å². The van der Waals surface area contributed by atoms with Crippen molar-refractivity contribution < 1.29 is 23.5 Å². The quantitative estimate of drug-likeness (QED) is 0.832. The first-order chi connectivity index (χ1) is 12.3. The Labute approximate surface area is 154 Å². The Bertz CT molecular complexity index is 896. The fourth-order valence-electron chi connectivity index (χ4n) is 3.11. The molecule has 1 N–H and O–H groups in total. The van der Waals surface area contributed by atoms with E-state index in [0.717, 1.165) is 10.4 Å². The standard InChI is InChI=1S/C18H20N2O5S/c1-9-7-13(10(2)25-9)16(22)19-17-15(18(23)24-4)12-5-6-20(11(3)21)8-14(12)26-17/h7H,5-6,8H2,1-4H3,(H,19,22). The lowest BCUT2D eigenvalue weighted by atomic mass is 10.0. The predicted molar refractivity (Wildman–Crippen MR) is 96.6 cm³/mol. The fourth-order valence-corrected chi connectivity index (χ4v) is 4.35. The highest BCUT2D eigenvalue weighted by Gasteiger charge is 2.30. The van der Waals surface area contributed by atoms with Gasteiger partial charge in [-0.15, -0.1) is 11.3 Å². The number of esters is 1. The van der Waals surface area contributed by atoms with Gasteiger partial charge in [0.1, 0.15) is 16.5 Å². The number of carbonyl (C=O) groups excluding carboxylic acids is 3. The number of nitrogens with zero attached hydrogens (tertiary/aromatic N) is 1. The topological polar surface area (TPSA) is 88.8 Å². The number of hydrogen-bond acceptors (Lipinski definition) is 6. The molecule has 0 radical (unpaired) electrons. The van der Waals surface area contributed by atoms with Gasteiger partial charge in [0.15, 0.2) is 0 Å². The number of hydrogen-bond donors (Lipinski definition) is 1. The lowest BCUT2D eigenvalue weighted by molar-refractivity contribution is -0.129. The first kappa shape index (κ1) is 18.2. The summed E-state index contributed by atoms with van der Waals surface area (Å²) < 4.78 is 10.3. The molecule has 8 heteroatoms. The highest BCUT2D eigenvalue weighted by Crippen LogP contribution is 2.38. The summed E-state index contributed by atoms with van der Waals surface area (Å²) in [4.78, 5) is 39.2. The monoisotopic (exact) mass is 376 g/mol. The van der Waals surface area contributed by atoms with Crippen molar-refractivity contribution in [3.63, 3.8) is 0 Å². The highest BCUT2D eigenvalue weighted by atomic mass is 32.1. The molecule has 0 saturated heterocycles. The minimum atomic E-state index is -0.492. The number of methoxy groups -OCH3 is 1. The van der Waals surface area contributed by atoms with E-state index in [2.05, 4.69) is 5.32 Å². The Morgan fingerprint density at radius 3 is 2.62 bits per heavy atom. The van der Waals surface area contributed by atoms with Crippen molar-refractivity contribution >= 4 is 34.1 Å². The van der Waals surface area contributed by atoms with Crippen LogP contribution < -0.4 is 5.32 Å². The second-order valence-electron chi connectivity index (χ2n) is 6.17. The van der Waals surface area contributed by atoms with Gasteiger partial charge in [-0.1, -0.05) is 0 Å². The Morgan fingerprint density at radius 1 is 1.31 bits per heavy atom. The fraction of sp³-hybridized carbons (Fsp3) is 0.389. The van der Waals surface area contributed by atoms with Gasteiger partial charge in [-0.3, -0.25) is 9.59 Å². The number of ether oxygens (including phenoxy) is 1. The van der Waals surface area contributed by atoms with Crippen LogP contribution in [0.5, 0.6) is 0 Å². The molecule has 0 fully saturated rings. The molecule has 2 aromatic heterocycles. The minimum absolute atomic E-state index is 0.0150. The zero-order valence-corrected chi connectivity index (χ0v) is 15.9. The molecule has 26 heavy (non-hydrogen) atoms. The van der Waals surface area contributed by atoms with Crippen LogP contribution in [-0.2, 0) is 22.5 Å². The predicted octanol–water partition coefficient (Wildman–Crippen LogP) is 2.90. The van der Waals surface area contributed by atoms with E-state index in [1.54, 1.807) is 24.8 Å². The van der Waals surface area contributed by atoms with Gasteiger partial charge in [0, 0.05) is 18.3 Å². The molecule has 3 heterocycles. The summed E-state index contributed by atoms with van der Waals surface area (Å²) in [6.45, 7) is 5.97. The molecule has 0 saturated carbocycles. The van der Waals surface area contributed by atoms with Crippen molar-refractivity contribution in [3.8, 4) is 0 Å². The molecule has 0 bridgehead atoms. The third kappa shape index (κ3) is 3.24. The normalized spacial score (nSPS) is 13.3. The van der Waals surface area contributed by atoms with Crippen molar-refractivity contribution in [1.82, 2.24) is 4.90 Å². The van der Waals surface area contributed by atoms with E-state index in [-0.39, 0.29) is 11.8 Å². The summed E-state index contributed by atoms with van der Waals surface area (Å²) in [5.74, 6) is 0.312. The molecule has 3 rings (SSSR count). The van der Waals surface area contributed by atoms with Crippen LogP contribution >= 0.6 is 11.3 Å². The third-order valence-corrected chi connectivity index (χ3v) is 5.54. The maximum Gasteiger partial charge on any atom is 0.341 e. The minimum Gasteiger partial charge on any atom is -0.466 e. The second-order valence-corrected chi connectivity index (χ2v) is 7.28. The molecule has 2 aromatic rings. The maximum absolute atomic E-state index is 12.6. The number of nitrogens with one attached hydrogen (secondary N) is 1. The zero-order chi connectivity index (χ0) is 19.0. The number of rotatable bonds is 3. The van der Waals surface area contributed by atoms with Crippen LogP contribution in [0.15, 0.2) is 10.5 Å². The van der Waals surface area contributed by atoms with E-state index in [0.29, 0.717) is 47.2 Å². The maximum atomic E-state index is 12.6. The van der Waals surface area contributed by atoms with Crippen LogP contribution in [0.3, 0.4) is 0 Å². The van der Waals surface area contributed by atoms with Gasteiger partial charge in [-0.05, 0) is 31.9 Å². The van der Waals surface area contributed by atoms with Gasteiger partial charge in [0.2, 0.25) is 5.91 Å². The first-order valence-electron chi connectivity index (χ1n) is 8.18. The van der Waals surface area contributed by atoms with Crippen molar-refractivity contribution in [2.45, 2.75) is 33.7 Å². The van der Waals surface area contributed by atoms with Crippen LogP contribution in [0.25, 0.3) is 0 Å². The highest BCUT2D eigenvalue weighted by molar-refractivity contribution is 7.17. The number of aryl methyl sites for hydroxylation is 2. The lowest BCUT2D eigenvalue weighted by Gasteiger charge is -2.25. The number of anilines is 1. The Hall–Kier alpha value is -2.61. The Kier molecular flexibility index (Phi) is 4.86. The molecule has 0 aliphatic carbocycles. The molecule has 1 aliphatic rings. The number of fused-ring (bicyclic) bond motifs is 1. The average Bonchev–Trinajstić information content (AvgIpc) is 3.12. The van der Waals surface area contributed by atoms with E-state index >= 15 is 0 Å². The number of amides is 2. The molecule has 0 spiro atoms. The molecule has 0 unspecified atom stereocenters. The van der Waals surface area contributed by atoms with Crippen LogP contribution in [0, 0.1) is 13.8 Å². The van der Waals surface area contributed by atoms with Gasteiger partial charge in [-0.2, -0.15) is 0 Å². The number of thiophene rings is 1. The summed E-state index contributed by atoms with van der Waals surface area (Å²) in [5, 5.41) is 3.25. The van der Waals surface area contributed by atoms with Gasteiger partial charge >= 0.3 is 5.97 Å². The van der Waals surface area contributed by atoms with Crippen molar-refractivity contribution in [2.24, 2.45) is 0 Å². The van der Waals surface area contributed by atoms with Crippen molar-refractivity contribution in [3.05, 3.63) is 39.2 Å².